The maximum Gasteiger partial charge on any atom is 0.307 e. The molecule has 98 valence electrons. The van der Waals surface area contributed by atoms with Crippen LogP contribution in [0.4, 0.5) is 0 Å². The van der Waals surface area contributed by atoms with Crippen molar-refractivity contribution in [2.75, 3.05) is 7.11 Å². The zero-order chi connectivity index (χ0) is 13.6. The molecule has 0 aromatic heterocycles. The van der Waals surface area contributed by atoms with E-state index in [1.54, 1.807) is 24.3 Å². The number of ether oxygens (including phenoxy) is 2. The molecule has 5 nitrogen and oxygen atoms in total. The smallest absolute Gasteiger partial charge is 0.307 e. The minimum atomic E-state index is -1.12. The van der Waals surface area contributed by atoms with E-state index < -0.39 is 23.5 Å². The maximum atomic E-state index is 12.6. The third-order valence-corrected chi connectivity index (χ3v) is 3.84. The van der Waals surface area contributed by atoms with Crippen LogP contribution < -0.4 is 0 Å². The zero-order valence-electron chi connectivity index (χ0n) is 10.3. The van der Waals surface area contributed by atoms with Gasteiger partial charge in [-0.05, 0) is 0 Å². The molecule has 5 heteroatoms. The molecule has 0 spiro atoms. The molecule has 0 bridgehead atoms. The first-order chi connectivity index (χ1) is 9.08. The third kappa shape index (κ3) is 1.51. The fourth-order valence-electron chi connectivity index (χ4n) is 2.96. The van der Waals surface area contributed by atoms with E-state index in [9.17, 15) is 14.4 Å². The van der Waals surface area contributed by atoms with E-state index in [0.717, 1.165) is 0 Å². The predicted octanol–water partition coefficient (Wildman–Crippen LogP) is 1.42. The molecule has 3 rings (SSSR count). The van der Waals surface area contributed by atoms with E-state index in [0.29, 0.717) is 11.1 Å². The van der Waals surface area contributed by atoms with Crippen LogP contribution in [0.25, 0.3) is 0 Å². The summed E-state index contributed by atoms with van der Waals surface area (Å²) in [7, 11) is 1.26. The number of fused-ring (bicyclic) bond motifs is 3. The van der Waals surface area contributed by atoms with Gasteiger partial charge >= 0.3 is 11.9 Å². The summed E-state index contributed by atoms with van der Waals surface area (Å²) >= 11 is 0. The summed E-state index contributed by atoms with van der Waals surface area (Å²) in [6.45, 7) is 0. The summed E-state index contributed by atoms with van der Waals surface area (Å²) in [6.07, 6.45) is -0.865. The molecule has 1 aliphatic heterocycles. The highest BCUT2D eigenvalue weighted by molar-refractivity contribution is 6.10. The number of ketones is 1. The van der Waals surface area contributed by atoms with Gasteiger partial charge in [0.2, 0.25) is 0 Å². The van der Waals surface area contributed by atoms with Crippen molar-refractivity contribution in [1.82, 2.24) is 0 Å². The summed E-state index contributed by atoms with van der Waals surface area (Å²) in [5.74, 6) is -1.16. The van der Waals surface area contributed by atoms with E-state index in [4.69, 9.17) is 4.74 Å². The quantitative estimate of drug-likeness (QED) is 0.752. The fraction of sp³-hybridized carbons (Fsp3) is 0.357. The number of rotatable bonds is 2. The average Bonchev–Trinajstić information content (AvgIpc) is 2.84. The highest BCUT2D eigenvalue weighted by Crippen LogP contribution is 2.56. The van der Waals surface area contributed by atoms with Crippen molar-refractivity contribution in [1.29, 1.82) is 0 Å². The third-order valence-electron chi connectivity index (χ3n) is 3.84. The number of methoxy groups -OCH3 is 1. The second-order valence-electron chi connectivity index (χ2n) is 4.87. The van der Waals surface area contributed by atoms with Crippen molar-refractivity contribution < 1.29 is 23.9 Å². The van der Waals surface area contributed by atoms with E-state index in [2.05, 4.69) is 4.74 Å². The lowest BCUT2D eigenvalue weighted by atomic mass is 9.77. The number of hydrogen-bond donors (Lipinski definition) is 0. The van der Waals surface area contributed by atoms with Crippen molar-refractivity contribution in [3.8, 4) is 0 Å². The molecule has 19 heavy (non-hydrogen) atoms. The van der Waals surface area contributed by atoms with Crippen LogP contribution in [0.5, 0.6) is 0 Å². The fourth-order valence-corrected chi connectivity index (χ4v) is 2.96. The summed E-state index contributed by atoms with van der Waals surface area (Å²) in [5, 5.41) is 0. The van der Waals surface area contributed by atoms with Gasteiger partial charge in [-0.2, -0.15) is 0 Å². The Hall–Kier alpha value is -2.17. The molecular weight excluding hydrogens is 248 g/mol. The summed E-state index contributed by atoms with van der Waals surface area (Å²) in [4.78, 5) is 35.7. The molecule has 1 aliphatic carbocycles. The largest absolute Gasteiger partial charge is 0.469 e. The normalized spacial score (nSPS) is 27.7. The van der Waals surface area contributed by atoms with Crippen molar-refractivity contribution in [3.63, 3.8) is 0 Å². The Morgan fingerprint density at radius 3 is 2.89 bits per heavy atom. The molecular formula is C14H12O5. The van der Waals surface area contributed by atoms with Crippen LogP contribution in [0, 0.1) is 5.41 Å². The van der Waals surface area contributed by atoms with Crippen molar-refractivity contribution in [2.45, 2.75) is 18.9 Å². The lowest BCUT2D eigenvalue weighted by Gasteiger charge is -2.22. The first-order valence-electron chi connectivity index (χ1n) is 5.98. The lowest BCUT2D eigenvalue weighted by molar-refractivity contribution is -0.145. The van der Waals surface area contributed by atoms with Crippen molar-refractivity contribution >= 4 is 17.7 Å². The van der Waals surface area contributed by atoms with Crippen LogP contribution in [-0.2, 0) is 19.1 Å². The minimum Gasteiger partial charge on any atom is -0.469 e. The Kier molecular flexibility index (Phi) is 2.45. The molecule has 0 amide bonds. The molecule has 1 aromatic carbocycles. The minimum absolute atomic E-state index is 0.0692. The molecule has 2 atom stereocenters. The van der Waals surface area contributed by atoms with E-state index in [-0.39, 0.29) is 18.6 Å². The highest BCUT2D eigenvalue weighted by Gasteiger charge is 2.61. The van der Waals surface area contributed by atoms with Crippen molar-refractivity contribution in [2.24, 2.45) is 5.41 Å². The van der Waals surface area contributed by atoms with Gasteiger partial charge in [-0.1, -0.05) is 24.3 Å². The lowest BCUT2D eigenvalue weighted by Crippen LogP contribution is -2.31. The molecule has 1 fully saturated rings. The summed E-state index contributed by atoms with van der Waals surface area (Å²) in [6, 6.07) is 7.00. The zero-order valence-corrected chi connectivity index (χ0v) is 10.3. The first kappa shape index (κ1) is 11.9. The second-order valence-corrected chi connectivity index (χ2v) is 4.87. The number of carbonyl (C=O) groups is 3. The van der Waals surface area contributed by atoms with Gasteiger partial charge in [0.15, 0.2) is 5.78 Å². The van der Waals surface area contributed by atoms with Gasteiger partial charge in [0.05, 0.1) is 25.4 Å². The van der Waals surface area contributed by atoms with Crippen LogP contribution in [0.3, 0.4) is 0 Å². The Balaban J connectivity index is 2.10. The molecule has 0 radical (unpaired) electrons. The van der Waals surface area contributed by atoms with E-state index in [1.807, 2.05) is 0 Å². The van der Waals surface area contributed by atoms with Gasteiger partial charge in [-0.3, -0.25) is 14.4 Å². The number of carbonyl (C=O) groups excluding carboxylic acids is 3. The van der Waals surface area contributed by atoms with E-state index >= 15 is 0 Å². The van der Waals surface area contributed by atoms with E-state index in [1.165, 1.54) is 7.11 Å². The molecule has 1 aromatic rings. The number of hydrogen-bond acceptors (Lipinski definition) is 5. The van der Waals surface area contributed by atoms with Crippen LogP contribution in [0.2, 0.25) is 0 Å². The Morgan fingerprint density at radius 2 is 2.16 bits per heavy atom. The standard InChI is InChI=1S/C14H12O5/c1-18-10(15)6-14-7-11(16)19-13(14)9-5-3-2-4-8(9)12(14)17/h2-5,13H,6-7H2,1H3. The number of Topliss-reactive ketones (excluding diaryl/α,β-unsaturated/α-hetero) is 1. The topological polar surface area (TPSA) is 69.7 Å². The monoisotopic (exact) mass is 260 g/mol. The van der Waals surface area contributed by atoms with Gasteiger partial charge in [-0.15, -0.1) is 0 Å². The molecule has 1 saturated heterocycles. The SMILES string of the molecule is COC(=O)CC12CC(=O)OC1c1ccccc1C2=O. The van der Waals surface area contributed by atoms with Gasteiger partial charge in [0.25, 0.3) is 0 Å². The maximum absolute atomic E-state index is 12.6. The highest BCUT2D eigenvalue weighted by atomic mass is 16.6. The molecule has 1 heterocycles. The summed E-state index contributed by atoms with van der Waals surface area (Å²) < 4.78 is 9.90. The molecule has 0 N–H and O–H groups in total. The van der Waals surface area contributed by atoms with Gasteiger partial charge < -0.3 is 9.47 Å². The van der Waals surface area contributed by atoms with Crippen LogP contribution in [-0.4, -0.2) is 24.8 Å². The van der Waals surface area contributed by atoms with Crippen LogP contribution in [0.15, 0.2) is 24.3 Å². The van der Waals surface area contributed by atoms with Crippen LogP contribution >= 0.6 is 0 Å². The van der Waals surface area contributed by atoms with Crippen LogP contribution in [0.1, 0.15) is 34.9 Å². The van der Waals surface area contributed by atoms with Gasteiger partial charge in [0, 0.05) is 11.1 Å². The Labute approximate surface area is 109 Å². The second kappa shape index (κ2) is 3.91. The number of benzene rings is 1. The molecule has 2 aliphatic rings. The molecule has 0 saturated carbocycles. The van der Waals surface area contributed by atoms with Gasteiger partial charge in [0.1, 0.15) is 6.10 Å². The predicted molar refractivity (Wildman–Crippen MR) is 63.3 cm³/mol. The van der Waals surface area contributed by atoms with Gasteiger partial charge in [-0.25, -0.2) is 0 Å². The summed E-state index contributed by atoms with van der Waals surface area (Å²) in [5.41, 5.74) is 0.0968. The Bertz CT molecular complexity index is 591. The molecule has 2 unspecified atom stereocenters. The Morgan fingerprint density at radius 1 is 1.42 bits per heavy atom. The van der Waals surface area contributed by atoms with Crippen molar-refractivity contribution in [3.05, 3.63) is 35.4 Å². The average molecular weight is 260 g/mol. The number of esters is 2. The first-order valence-corrected chi connectivity index (χ1v) is 5.98.